The standard InChI is InChI=1S/C66H64F2N8O6/c1-65(2,3)45-21-25-47(26-22-45)75(59(43-15-11-31-70-37-43)61(78)72-57-49-17-9-7-13-39(49)35-55(57)77)64(81)42-20-30-54(52(68)34-42)74-82-56-36-40-14-8-10-18-50(40)58(56)73-62(79)60(44-16-12-32-71-38-44)76(48-27-23-46(24-28-48)66(4,5)6)63(80)41-19-29-53(69)51(67)33-41/h7-34,37-38,55-60,74,77H,35-36,69H2,1-6H3,(H,72,78)(H,73,79)/t55-,56+,57+,58-,59?,60?/m0/s1. The molecule has 6 N–H and O–H groups in total. The summed E-state index contributed by atoms with van der Waals surface area (Å²) in [7, 11) is 0. The number of amides is 4. The van der Waals surface area contributed by atoms with Gasteiger partial charge >= 0.3 is 0 Å². The fraction of sp³-hybridized carbons (Fsp3) is 0.242. The average Bonchev–Trinajstić information content (AvgIpc) is 4.15. The lowest BCUT2D eigenvalue weighted by molar-refractivity contribution is -0.124. The van der Waals surface area contributed by atoms with Crippen LogP contribution in [0.15, 0.2) is 183 Å². The van der Waals surface area contributed by atoms with Gasteiger partial charge in [0.05, 0.1) is 29.6 Å². The fourth-order valence-corrected chi connectivity index (χ4v) is 10.8. The van der Waals surface area contributed by atoms with Crippen LogP contribution < -0.4 is 31.6 Å². The zero-order chi connectivity index (χ0) is 58.0. The van der Waals surface area contributed by atoms with E-state index in [1.807, 2.05) is 72.8 Å². The van der Waals surface area contributed by atoms with Gasteiger partial charge in [-0.15, -0.1) is 0 Å². The van der Waals surface area contributed by atoms with Gasteiger partial charge in [-0.3, -0.25) is 49.3 Å². The number of aromatic nitrogens is 2. The van der Waals surface area contributed by atoms with Crippen LogP contribution in [0.25, 0.3) is 0 Å². The van der Waals surface area contributed by atoms with Crippen LogP contribution in [0, 0.1) is 11.6 Å². The first-order valence-electron chi connectivity index (χ1n) is 27.1. The summed E-state index contributed by atoms with van der Waals surface area (Å²) >= 11 is 0. The van der Waals surface area contributed by atoms with Crippen molar-refractivity contribution in [1.29, 1.82) is 0 Å². The number of hydrogen-bond acceptors (Lipinski definition) is 10. The highest BCUT2D eigenvalue weighted by molar-refractivity contribution is 6.11. The Labute approximate surface area is 475 Å². The summed E-state index contributed by atoms with van der Waals surface area (Å²) in [5.41, 5.74) is 14.3. The summed E-state index contributed by atoms with van der Waals surface area (Å²) in [6, 6.07) is 39.4. The molecule has 2 aliphatic rings. The molecule has 14 nitrogen and oxygen atoms in total. The third-order valence-corrected chi connectivity index (χ3v) is 15.2. The van der Waals surface area contributed by atoms with Crippen molar-refractivity contribution in [1.82, 2.24) is 20.6 Å². The minimum Gasteiger partial charge on any atom is -0.396 e. The normalized spacial score (nSPS) is 17.2. The van der Waals surface area contributed by atoms with E-state index in [0.29, 0.717) is 28.9 Å². The zero-order valence-corrected chi connectivity index (χ0v) is 46.3. The number of aliphatic hydroxyl groups excluding tert-OH is 1. The molecular weight excluding hydrogens is 1040 g/mol. The highest BCUT2D eigenvalue weighted by Gasteiger charge is 2.42. The van der Waals surface area contributed by atoms with Crippen LogP contribution in [-0.4, -0.2) is 50.9 Å². The molecule has 0 radical (unpaired) electrons. The van der Waals surface area contributed by atoms with Gasteiger partial charge < -0.3 is 21.5 Å². The molecule has 418 valence electrons. The number of fused-ring (bicyclic) bond motifs is 2. The number of nitrogens with one attached hydrogen (secondary N) is 3. The maximum Gasteiger partial charge on any atom is 0.259 e. The first kappa shape index (κ1) is 56.2. The fourth-order valence-electron chi connectivity index (χ4n) is 10.8. The summed E-state index contributed by atoms with van der Waals surface area (Å²) < 4.78 is 31.9. The van der Waals surface area contributed by atoms with E-state index in [4.69, 9.17) is 10.6 Å². The lowest BCUT2D eigenvalue weighted by Gasteiger charge is -2.33. The van der Waals surface area contributed by atoms with Crippen LogP contribution >= 0.6 is 0 Å². The van der Waals surface area contributed by atoms with Crippen molar-refractivity contribution in [3.05, 3.63) is 250 Å². The van der Waals surface area contributed by atoms with Crippen molar-refractivity contribution >= 4 is 46.4 Å². The molecule has 4 amide bonds. The lowest BCUT2D eigenvalue weighted by atomic mass is 9.87. The van der Waals surface area contributed by atoms with Crippen molar-refractivity contribution in [2.75, 3.05) is 21.0 Å². The number of rotatable bonds is 15. The van der Waals surface area contributed by atoms with E-state index in [2.05, 4.69) is 67.6 Å². The number of aliphatic hydroxyl groups is 1. The van der Waals surface area contributed by atoms with Crippen LogP contribution in [0.5, 0.6) is 0 Å². The van der Waals surface area contributed by atoms with Crippen LogP contribution in [-0.2, 0) is 38.1 Å². The summed E-state index contributed by atoms with van der Waals surface area (Å²) in [6.45, 7) is 12.4. The van der Waals surface area contributed by atoms with Crippen LogP contribution in [0.4, 0.5) is 31.5 Å². The number of carbonyl (C=O) groups is 4. The minimum atomic E-state index is -1.36. The molecular formula is C66H64F2N8O6. The number of benzene rings is 6. The minimum absolute atomic E-state index is 0.0486. The largest absolute Gasteiger partial charge is 0.396 e. The van der Waals surface area contributed by atoms with Crippen molar-refractivity contribution in [2.24, 2.45) is 0 Å². The number of anilines is 4. The molecule has 0 saturated carbocycles. The Hall–Kier alpha value is -9.12. The van der Waals surface area contributed by atoms with Crippen molar-refractivity contribution in [2.45, 2.75) is 102 Å². The van der Waals surface area contributed by atoms with Gasteiger partial charge in [-0.25, -0.2) is 8.78 Å². The van der Waals surface area contributed by atoms with E-state index in [9.17, 15) is 14.7 Å². The number of pyridine rings is 2. The van der Waals surface area contributed by atoms with Crippen LogP contribution in [0.2, 0.25) is 0 Å². The molecule has 0 bridgehead atoms. The molecule has 6 aromatic carbocycles. The Balaban J connectivity index is 0.952. The molecule has 10 rings (SSSR count). The second-order valence-electron chi connectivity index (χ2n) is 22.9. The smallest absolute Gasteiger partial charge is 0.259 e. The van der Waals surface area contributed by atoms with E-state index in [0.717, 1.165) is 45.5 Å². The number of carbonyl (C=O) groups excluding carboxylic acids is 4. The molecule has 0 saturated heterocycles. The highest BCUT2D eigenvalue weighted by Crippen LogP contribution is 2.39. The third kappa shape index (κ3) is 11.7. The van der Waals surface area contributed by atoms with Gasteiger partial charge in [-0.05, 0) is 117 Å². The lowest BCUT2D eigenvalue weighted by Crippen LogP contribution is -2.46. The predicted molar refractivity (Wildman–Crippen MR) is 312 cm³/mol. The zero-order valence-electron chi connectivity index (χ0n) is 46.3. The SMILES string of the molecule is CC(C)(C)c1ccc(N(C(=O)c2ccc(NO[C@@H]3Cc4ccccc4[C@@H]3NC(=O)C(c3cccnc3)N(C(=O)c3ccc(N)c(F)c3)c3ccc(C(C)(C)C)cc3)c(F)c2)C(C(=O)N[C@@H]2c3ccccc3C[C@@H]2O)c2cccnc2)cc1. The Morgan fingerprint density at radius 1 is 0.585 bits per heavy atom. The summed E-state index contributed by atoms with van der Waals surface area (Å²) in [6.07, 6.45) is 4.92. The monoisotopic (exact) mass is 1100 g/mol. The molecule has 0 fully saturated rings. The molecule has 2 aromatic heterocycles. The summed E-state index contributed by atoms with van der Waals surface area (Å²) in [5.74, 6) is -4.26. The molecule has 2 heterocycles. The quantitative estimate of drug-likeness (QED) is 0.0487. The van der Waals surface area contributed by atoms with Gasteiger partial charge in [0.25, 0.3) is 11.8 Å². The Kier molecular flexibility index (Phi) is 15.9. The molecule has 0 spiro atoms. The molecule has 0 aliphatic heterocycles. The van der Waals surface area contributed by atoms with Crippen molar-refractivity contribution < 1.29 is 37.9 Å². The molecule has 2 unspecified atom stereocenters. The number of nitrogen functional groups attached to an aromatic ring is 1. The van der Waals surface area contributed by atoms with E-state index >= 15 is 18.4 Å². The summed E-state index contributed by atoms with van der Waals surface area (Å²) in [4.78, 5) is 77.8. The molecule has 82 heavy (non-hydrogen) atoms. The Morgan fingerprint density at radius 3 is 1.52 bits per heavy atom. The second kappa shape index (κ2) is 23.2. The third-order valence-electron chi connectivity index (χ3n) is 15.2. The first-order valence-corrected chi connectivity index (χ1v) is 27.1. The van der Waals surface area contributed by atoms with Crippen molar-refractivity contribution in [3.63, 3.8) is 0 Å². The molecule has 2 aliphatic carbocycles. The van der Waals surface area contributed by atoms with Crippen LogP contribution in [0.1, 0.15) is 131 Å². The average molecular weight is 1100 g/mol. The van der Waals surface area contributed by atoms with Gasteiger partial charge in [0, 0.05) is 71.3 Å². The van der Waals surface area contributed by atoms with Gasteiger partial charge in [0.15, 0.2) is 0 Å². The maximum atomic E-state index is 16.8. The van der Waals surface area contributed by atoms with E-state index in [-0.39, 0.29) is 39.8 Å². The number of halogens is 2. The second-order valence-corrected chi connectivity index (χ2v) is 22.9. The van der Waals surface area contributed by atoms with E-state index in [1.165, 1.54) is 46.5 Å². The molecule has 6 atom stereocenters. The number of nitrogens with two attached hydrogens (primary N) is 1. The number of nitrogens with zero attached hydrogens (tertiary/aromatic N) is 4. The first-order chi connectivity index (χ1) is 39.2. The Bertz CT molecular complexity index is 3650. The van der Waals surface area contributed by atoms with Gasteiger partial charge in [0.1, 0.15) is 29.8 Å². The highest BCUT2D eigenvalue weighted by atomic mass is 19.1. The van der Waals surface area contributed by atoms with Gasteiger partial charge in [-0.2, -0.15) is 0 Å². The van der Waals surface area contributed by atoms with E-state index in [1.54, 1.807) is 60.9 Å². The summed E-state index contributed by atoms with van der Waals surface area (Å²) in [5, 5.41) is 17.4. The number of hydrogen-bond donors (Lipinski definition) is 5. The predicted octanol–water partition coefficient (Wildman–Crippen LogP) is 11.3. The van der Waals surface area contributed by atoms with Crippen LogP contribution in [0.3, 0.4) is 0 Å². The van der Waals surface area contributed by atoms with Gasteiger partial charge in [0.2, 0.25) is 11.8 Å². The van der Waals surface area contributed by atoms with Gasteiger partial charge in [-0.1, -0.05) is 126 Å². The van der Waals surface area contributed by atoms with Crippen molar-refractivity contribution in [3.8, 4) is 0 Å². The molecule has 8 aromatic rings. The maximum absolute atomic E-state index is 16.8. The Morgan fingerprint density at radius 2 is 1.05 bits per heavy atom. The van der Waals surface area contributed by atoms with E-state index < -0.39 is 71.6 Å². The molecule has 16 heteroatoms. The topological polar surface area (TPSA) is 192 Å².